The molecule has 1 atom stereocenters. The first-order valence-corrected chi connectivity index (χ1v) is 6.17. The molecular formula is C12H24N4. The Labute approximate surface area is 98.5 Å². The smallest absolute Gasteiger partial charge is 0.0948 e. The van der Waals surface area contributed by atoms with Crippen LogP contribution in [0.4, 0.5) is 0 Å². The number of aryl methyl sites for hydroxylation is 1. The van der Waals surface area contributed by atoms with Crippen LogP contribution in [0, 0.1) is 0 Å². The Balaban J connectivity index is 2.39. The Hall–Kier alpha value is -0.870. The number of hydrogen-bond acceptors (Lipinski definition) is 3. The third-order valence-electron chi connectivity index (χ3n) is 2.98. The van der Waals surface area contributed by atoms with E-state index in [0.29, 0.717) is 0 Å². The molecule has 0 saturated heterocycles. The maximum absolute atomic E-state index is 5.87. The van der Waals surface area contributed by atoms with Crippen molar-refractivity contribution < 1.29 is 0 Å². The van der Waals surface area contributed by atoms with Gasteiger partial charge in [-0.3, -0.25) is 0 Å². The zero-order valence-corrected chi connectivity index (χ0v) is 10.7. The Morgan fingerprint density at radius 3 is 2.69 bits per heavy atom. The lowest BCUT2D eigenvalue weighted by atomic mass is 10.2. The third kappa shape index (κ3) is 3.61. The second-order valence-electron chi connectivity index (χ2n) is 4.18. The van der Waals surface area contributed by atoms with Gasteiger partial charge in [0.1, 0.15) is 0 Å². The molecule has 0 aliphatic rings. The van der Waals surface area contributed by atoms with E-state index in [4.69, 9.17) is 5.73 Å². The molecule has 0 bridgehead atoms. The maximum Gasteiger partial charge on any atom is 0.0948 e. The van der Waals surface area contributed by atoms with Crippen molar-refractivity contribution in [2.45, 2.75) is 39.8 Å². The zero-order chi connectivity index (χ0) is 12.0. The standard InChI is InChI=1S/C12H24N4/c1-4-15(5-2)7-6-8-16-10-14-9-12(16)11(3)13/h9-11H,4-8,13H2,1-3H3/t11-/m0/s1. The fraction of sp³-hybridized carbons (Fsp3) is 0.750. The lowest BCUT2D eigenvalue weighted by molar-refractivity contribution is 0.292. The first-order chi connectivity index (χ1) is 7.69. The molecule has 0 spiro atoms. The summed E-state index contributed by atoms with van der Waals surface area (Å²) < 4.78 is 2.16. The molecule has 0 saturated carbocycles. The van der Waals surface area contributed by atoms with Gasteiger partial charge in [0, 0.05) is 18.8 Å². The van der Waals surface area contributed by atoms with Crippen LogP contribution in [0.15, 0.2) is 12.5 Å². The van der Waals surface area contributed by atoms with Gasteiger partial charge in [0.25, 0.3) is 0 Å². The van der Waals surface area contributed by atoms with Crippen LogP contribution in [-0.4, -0.2) is 34.1 Å². The first kappa shape index (κ1) is 13.2. The molecular weight excluding hydrogens is 200 g/mol. The van der Waals surface area contributed by atoms with Gasteiger partial charge in [-0.1, -0.05) is 13.8 Å². The van der Waals surface area contributed by atoms with Crippen molar-refractivity contribution in [2.24, 2.45) is 5.73 Å². The van der Waals surface area contributed by atoms with E-state index in [-0.39, 0.29) is 6.04 Å². The van der Waals surface area contributed by atoms with Crippen LogP contribution in [-0.2, 0) is 6.54 Å². The van der Waals surface area contributed by atoms with Gasteiger partial charge in [-0.15, -0.1) is 0 Å². The van der Waals surface area contributed by atoms with Gasteiger partial charge in [0.15, 0.2) is 0 Å². The van der Waals surface area contributed by atoms with Crippen molar-refractivity contribution in [1.29, 1.82) is 0 Å². The summed E-state index contributed by atoms with van der Waals surface area (Å²) in [6.07, 6.45) is 4.89. The van der Waals surface area contributed by atoms with Crippen LogP contribution in [0.3, 0.4) is 0 Å². The molecule has 2 N–H and O–H groups in total. The number of aromatic nitrogens is 2. The van der Waals surface area contributed by atoms with Gasteiger partial charge < -0.3 is 15.2 Å². The molecule has 0 aromatic carbocycles. The molecule has 16 heavy (non-hydrogen) atoms. The van der Waals surface area contributed by atoms with Crippen LogP contribution < -0.4 is 5.73 Å². The molecule has 92 valence electrons. The summed E-state index contributed by atoms with van der Waals surface area (Å²) in [5, 5.41) is 0. The van der Waals surface area contributed by atoms with E-state index in [0.717, 1.165) is 38.3 Å². The van der Waals surface area contributed by atoms with Crippen LogP contribution in [0.25, 0.3) is 0 Å². The van der Waals surface area contributed by atoms with Crippen LogP contribution >= 0.6 is 0 Å². The van der Waals surface area contributed by atoms with Gasteiger partial charge in [-0.05, 0) is 33.0 Å². The largest absolute Gasteiger partial charge is 0.333 e. The normalized spacial score (nSPS) is 13.3. The van der Waals surface area contributed by atoms with Gasteiger partial charge in [-0.2, -0.15) is 0 Å². The lowest BCUT2D eigenvalue weighted by Crippen LogP contribution is -2.25. The van der Waals surface area contributed by atoms with E-state index in [1.807, 2.05) is 19.4 Å². The van der Waals surface area contributed by atoms with Crippen molar-refractivity contribution in [1.82, 2.24) is 14.5 Å². The highest BCUT2D eigenvalue weighted by atomic mass is 15.1. The average molecular weight is 224 g/mol. The molecule has 0 radical (unpaired) electrons. The SMILES string of the molecule is CCN(CC)CCCn1cncc1[C@H](C)N. The lowest BCUT2D eigenvalue weighted by Gasteiger charge is -2.18. The average Bonchev–Trinajstić information content (AvgIpc) is 2.72. The topological polar surface area (TPSA) is 47.1 Å². The molecule has 0 aliphatic heterocycles. The van der Waals surface area contributed by atoms with Crippen LogP contribution in [0.1, 0.15) is 38.9 Å². The highest BCUT2D eigenvalue weighted by Crippen LogP contribution is 2.09. The minimum Gasteiger partial charge on any atom is -0.333 e. The third-order valence-corrected chi connectivity index (χ3v) is 2.98. The number of imidazole rings is 1. The Bertz CT molecular complexity index is 289. The molecule has 1 aromatic rings. The van der Waals surface area contributed by atoms with Gasteiger partial charge in [-0.25, -0.2) is 4.98 Å². The molecule has 1 aromatic heterocycles. The van der Waals surface area contributed by atoms with Crippen molar-refractivity contribution >= 4 is 0 Å². The molecule has 4 nitrogen and oxygen atoms in total. The van der Waals surface area contributed by atoms with Crippen LogP contribution in [0.5, 0.6) is 0 Å². The molecule has 1 rings (SSSR count). The number of hydrogen-bond donors (Lipinski definition) is 1. The summed E-state index contributed by atoms with van der Waals surface area (Å²) in [7, 11) is 0. The molecule has 0 aliphatic carbocycles. The molecule has 1 heterocycles. The predicted molar refractivity (Wildman–Crippen MR) is 67.2 cm³/mol. The summed E-state index contributed by atoms with van der Waals surface area (Å²) in [4.78, 5) is 6.58. The van der Waals surface area contributed by atoms with Crippen molar-refractivity contribution in [3.8, 4) is 0 Å². The predicted octanol–water partition coefficient (Wildman–Crippen LogP) is 1.63. The fourth-order valence-corrected chi connectivity index (χ4v) is 1.90. The van der Waals surface area contributed by atoms with E-state index in [1.54, 1.807) is 0 Å². The van der Waals surface area contributed by atoms with Crippen molar-refractivity contribution in [3.05, 3.63) is 18.2 Å². The Kier molecular flexibility index (Phi) is 5.49. The quantitative estimate of drug-likeness (QED) is 0.766. The van der Waals surface area contributed by atoms with Crippen LogP contribution in [0.2, 0.25) is 0 Å². The summed E-state index contributed by atoms with van der Waals surface area (Å²) in [6, 6.07) is 0.0657. The highest BCUT2D eigenvalue weighted by Gasteiger charge is 2.06. The molecule has 0 amide bonds. The maximum atomic E-state index is 5.87. The first-order valence-electron chi connectivity index (χ1n) is 6.17. The van der Waals surface area contributed by atoms with Crippen molar-refractivity contribution in [3.63, 3.8) is 0 Å². The Morgan fingerprint density at radius 2 is 2.12 bits per heavy atom. The van der Waals surface area contributed by atoms with E-state index in [2.05, 4.69) is 28.3 Å². The van der Waals surface area contributed by atoms with Crippen molar-refractivity contribution in [2.75, 3.05) is 19.6 Å². The Morgan fingerprint density at radius 1 is 1.44 bits per heavy atom. The minimum atomic E-state index is 0.0657. The number of nitrogens with two attached hydrogens (primary N) is 1. The van der Waals surface area contributed by atoms with E-state index < -0.39 is 0 Å². The van der Waals surface area contributed by atoms with E-state index in [9.17, 15) is 0 Å². The fourth-order valence-electron chi connectivity index (χ4n) is 1.90. The number of rotatable bonds is 7. The summed E-state index contributed by atoms with van der Waals surface area (Å²) in [6.45, 7) is 10.8. The number of nitrogens with zero attached hydrogens (tertiary/aromatic N) is 3. The van der Waals surface area contributed by atoms with E-state index in [1.165, 1.54) is 0 Å². The van der Waals surface area contributed by atoms with Gasteiger partial charge >= 0.3 is 0 Å². The monoisotopic (exact) mass is 224 g/mol. The molecule has 4 heteroatoms. The second-order valence-corrected chi connectivity index (χ2v) is 4.18. The summed E-state index contributed by atoms with van der Waals surface area (Å²) in [5.74, 6) is 0. The molecule has 0 fully saturated rings. The van der Waals surface area contributed by atoms with Gasteiger partial charge in [0.2, 0.25) is 0 Å². The zero-order valence-electron chi connectivity index (χ0n) is 10.7. The summed E-state index contributed by atoms with van der Waals surface area (Å²) >= 11 is 0. The molecule has 0 unspecified atom stereocenters. The second kappa shape index (κ2) is 6.66. The summed E-state index contributed by atoms with van der Waals surface area (Å²) in [5.41, 5.74) is 7.00. The van der Waals surface area contributed by atoms with E-state index >= 15 is 0 Å². The highest BCUT2D eigenvalue weighted by molar-refractivity contribution is 5.02. The van der Waals surface area contributed by atoms with Gasteiger partial charge in [0.05, 0.1) is 12.0 Å². The minimum absolute atomic E-state index is 0.0657.